The van der Waals surface area contributed by atoms with Gasteiger partial charge in [-0.05, 0) is 23.7 Å². The zero-order valence-corrected chi connectivity index (χ0v) is 20.5. The maximum absolute atomic E-state index is 9.43. The van der Waals surface area contributed by atoms with Gasteiger partial charge in [-0.25, -0.2) is 9.83 Å². The predicted molar refractivity (Wildman–Crippen MR) is 133 cm³/mol. The van der Waals surface area contributed by atoms with Crippen LogP contribution < -0.4 is 4.90 Å². The fourth-order valence-corrected chi connectivity index (χ4v) is 4.79. The van der Waals surface area contributed by atoms with Gasteiger partial charge in [0.25, 0.3) is 0 Å². The Morgan fingerprint density at radius 2 is 2.06 bits per heavy atom. The normalized spacial score (nSPS) is 14.3. The molecule has 0 amide bonds. The van der Waals surface area contributed by atoms with Gasteiger partial charge in [0, 0.05) is 51.1 Å². The van der Waals surface area contributed by atoms with E-state index in [-0.39, 0.29) is 0 Å². The molecule has 0 unspecified atom stereocenters. The molecule has 0 saturated carbocycles. The lowest BCUT2D eigenvalue weighted by Crippen LogP contribution is -2.36. The van der Waals surface area contributed by atoms with Gasteiger partial charge in [0.2, 0.25) is 5.69 Å². The van der Waals surface area contributed by atoms with Crippen molar-refractivity contribution in [1.82, 2.24) is 9.55 Å². The molecule has 8 heteroatoms. The van der Waals surface area contributed by atoms with Gasteiger partial charge < -0.3 is 18.9 Å². The highest BCUT2D eigenvalue weighted by atomic mass is 28.3. The highest BCUT2D eigenvalue weighted by Crippen LogP contribution is 2.42. The quantitative estimate of drug-likeness (QED) is 0.273. The van der Waals surface area contributed by atoms with Gasteiger partial charge in [0.05, 0.1) is 37.1 Å². The molecular formula is C25H29N5O2Si. The number of nitrogens with zero attached hydrogens (tertiary/aromatic N) is 5. The van der Waals surface area contributed by atoms with Crippen molar-refractivity contribution in [2.24, 2.45) is 0 Å². The maximum Gasteiger partial charge on any atom is 0.228 e. The smallest absolute Gasteiger partial charge is 0.228 e. The summed E-state index contributed by atoms with van der Waals surface area (Å²) in [5.41, 5.74) is 4.68. The van der Waals surface area contributed by atoms with Crippen LogP contribution >= 0.6 is 0 Å². The second kappa shape index (κ2) is 9.76. The van der Waals surface area contributed by atoms with E-state index in [4.69, 9.17) is 16.0 Å². The van der Waals surface area contributed by atoms with Gasteiger partial charge in [-0.15, -0.1) is 0 Å². The Bertz CT molecular complexity index is 1230. The topological polar surface area (TPSA) is 67.7 Å². The molecule has 3 aromatic rings. The summed E-state index contributed by atoms with van der Waals surface area (Å²) in [6.45, 7) is 18.6. The average molecular weight is 460 g/mol. The second-order valence-corrected chi connectivity index (χ2v) is 15.1. The van der Waals surface area contributed by atoms with E-state index in [9.17, 15) is 5.26 Å². The van der Waals surface area contributed by atoms with Crippen molar-refractivity contribution in [2.45, 2.75) is 32.4 Å². The Balaban J connectivity index is 1.84. The van der Waals surface area contributed by atoms with Crippen LogP contribution in [0.4, 0.5) is 11.4 Å². The summed E-state index contributed by atoms with van der Waals surface area (Å²) in [7, 11) is -1.18. The molecule has 4 rings (SSSR count). The van der Waals surface area contributed by atoms with Crippen molar-refractivity contribution in [3.8, 4) is 17.2 Å². The van der Waals surface area contributed by atoms with Gasteiger partial charge in [-0.3, -0.25) is 0 Å². The van der Waals surface area contributed by atoms with Crippen LogP contribution in [-0.4, -0.2) is 50.5 Å². The Kier molecular flexibility index (Phi) is 6.80. The fourth-order valence-electron chi connectivity index (χ4n) is 4.03. The lowest BCUT2D eigenvalue weighted by atomic mass is 10.0. The van der Waals surface area contributed by atoms with Gasteiger partial charge in [0.1, 0.15) is 12.4 Å². The number of ether oxygens (including phenoxy) is 2. The molecule has 1 aliphatic rings. The van der Waals surface area contributed by atoms with Crippen LogP contribution in [0, 0.1) is 17.9 Å². The van der Waals surface area contributed by atoms with Crippen LogP contribution in [0.25, 0.3) is 27.0 Å². The summed E-state index contributed by atoms with van der Waals surface area (Å²) >= 11 is 0. The molecule has 0 atom stereocenters. The molecular weight excluding hydrogens is 430 g/mol. The Hall–Kier alpha value is -3.17. The second-order valence-electron chi connectivity index (χ2n) is 9.46. The van der Waals surface area contributed by atoms with E-state index >= 15 is 0 Å². The standard InChI is InChI=1S/C25H29N5O2Si/c1-27-22-16-28-25-23(24(22)29-8-10-31-11-9-29)21(20-7-5-6-19(14-20)15-26)17-30(25)18-32-12-13-33(2,3)4/h5-7,14,16-17H,8-13,18H2,2-4H3. The summed E-state index contributed by atoms with van der Waals surface area (Å²) in [6, 6.07) is 10.9. The van der Waals surface area contributed by atoms with Crippen LogP contribution in [0.3, 0.4) is 0 Å². The maximum atomic E-state index is 9.43. The van der Waals surface area contributed by atoms with Crippen LogP contribution in [0.1, 0.15) is 5.56 Å². The number of pyridine rings is 1. The number of nitriles is 1. The van der Waals surface area contributed by atoms with E-state index in [1.54, 1.807) is 12.3 Å². The monoisotopic (exact) mass is 459 g/mol. The first-order valence-electron chi connectivity index (χ1n) is 11.2. The number of rotatable bonds is 7. The highest BCUT2D eigenvalue weighted by molar-refractivity contribution is 6.76. The van der Waals surface area contributed by atoms with E-state index in [1.165, 1.54) is 0 Å². The van der Waals surface area contributed by atoms with Gasteiger partial charge in [-0.2, -0.15) is 5.26 Å². The van der Waals surface area contributed by atoms with Crippen molar-refractivity contribution in [2.75, 3.05) is 37.8 Å². The third-order valence-corrected chi connectivity index (χ3v) is 7.52. The first-order valence-corrected chi connectivity index (χ1v) is 14.9. The minimum Gasteiger partial charge on any atom is -0.378 e. The summed E-state index contributed by atoms with van der Waals surface area (Å²) in [6.07, 6.45) is 3.70. The van der Waals surface area contributed by atoms with Crippen LogP contribution in [0.2, 0.25) is 25.7 Å². The highest BCUT2D eigenvalue weighted by Gasteiger charge is 2.24. The number of hydrogen-bond donors (Lipinski definition) is 0. The molecule has 0 radical (unpaired) electrons. The van der Waals surface area contributed by atoms with Crippen LogP contribution in [0.15, 0.2) is 36.7 Å². The Labute approximate surface area is 196 Å². The first-order chi connectivity index (χ1) is 15.9. The van der Waals surface area contributed by atoms with E-state index in [2.05, 4.69) is 40.4 Å². The Morgan fingerprint density at radius 3 is 2.76 bits per heavy atom. The molecule has 2 aromatic heterocycles. The lowest BCUT2D eigenvalue weighted by molar-refractivity contribution is 0.0899. The molecule has 0 spiro atoms. The largest absolute Gasteiger partial charge is 0.378 e. The molecule has 33 heavy (non-hydrogen) atoms. The first kappa shape index (κ1) is 23.0. The number of morpholine rings is 1. The van der Waals surface area contributed by atoms with E-state index < -0.39 is 8.07 Å². The van der Waals surface area contributed by atoms with Crippen LogP contribution in [-0.2, 0) is 16.2 Å². The number of benzene rings is 1. The van der Waals surface area contributed by atoms with E-state index in [0.717, 1.165) is 47.0 Å². The minimum atomic E-state index is -1.18. The molecule has 170 valence electrons. The molecule has 1 fully saturated rings. The number of hydrogen-bond acceptors (Lipinski definition) is 5. The number of aromatic nitrogens is 2. The van der Waals surface area contributed by atoms with Gasteiger partial charge in [-0.1, -0.05) is 31.8 Å². The van der Waals surface area contributed by atoms with Crippen molar-refractivity contribution < 1.29 is 9.47 Å². The van der Waals surface area contributed by atoms with Crippen molar-refractivity contribution >= 4 is 30.5 Å². The SMILES string of the molecule is [C-]#[N+]c1cnc2c(c(-c3cccc(C#N)c3)cn2COCC[Si](C)(C)C)c1N1CCOCC1. The minimum absolute atomic E-state index is 0.395. The third-order valence-electron chi connectivity index (χ3n) is 5.82. The predicted octanol–water partition coefficient (Wildman–Crippen LogP) is 5.27. The van der Waals surface area contributed by atoms with E-state index in [1.807, 2.05) is 29.0 Å². The van der Waals surface area contributed by atoms with Gasteiger partial charge >= 0.3 is 0 Å². The van der Waals surface area contributed by atoms with Crippen molar-refractivity contribution in [3.05, 3.63) is 53.6 Å². The molecule has 3 heterocycles. The number of fused-ring (bicyclic) bond motifs is 1. The molecule has 0 aliphatic carbocycles. The molecule has 1 aliphatic heterocycles. The zero-order chi connectivity index (χ0) is 23.4. The third kappa shape index (κ3) is 5.09. The number of anilines is 1. The van der Waals surface area contributed by atoms with Crippen molar-refractivity contribution in [1.29, 1.82) is 5.26 Å². The van der Waals surface area contributed by atoms with E-state index in [0.29, 0.717) is 37.8 Å². The molecule has 7 nitrogen and oxygen atoms in total. The molecule has 1 aromatic carbocycles. The molecule has 0 bridgehead atoms. The summed E-state index contributed by atoms with van der Waals surface area (Å²) < 4.78 is 13.6. The zero-order valence-electron chi connectivity index (χ0n) is 19.5. The van der Waals surface area contributed by atoms with Crippen molar-refractivity contribution in [3.63, 3.8) is 0 Å². The van der Waals surface area contributed by atoms with Gasteiger partial charge in [0.15, 0.2) is 0 Å². The summed E-state index contributed by atoms with van der Waals surface area (Å²) in [4.78, 5) is 10.7. The summed E-state index contributed by atoms with van der Waals surface area (Å²) in [5.74, 6) is 0. The fraction of sp³-hybridized carbons (Fsp3) is 0.400. The van der Waals surface area contributed by atoms with Crippen LogP contribution in [0.5, 0.6) is 0 Å². The molecule has 1 saturated heterocycles. The lowest BCUT2D eigenvalue weighted by Gasteiger charge is -2.30. The Morgan fingerprint density at radius 1 is 1.27 bits per heavy atom. The summed E-state index contributed by atoms with van der Waals surface area (Å²) in [5, 5.41) is 10.4. The average Bonchev–Trinajstić information content (AvgIpc) is 3.20. The molecule has 0 N–H and O–H groups in total.